The molecule has 9 heteroatoms. The Kier molecular flexibility index (Phi) is 7.78. The molecule has 1 unspecified atom stereocenters. The van der Waals surface area contributed by atoms with Gasteiger partial charge in [0.2, 0.25) is 0 Å². The van der Waals surface area contributed by atoms with Crippen molar-refractivity contribution in [1.82, 2.24) is 4.90 Å². The number of likely N-dealkylation sites (tertiary alicyclic amines) is 1. The molecule has 9 nitrogen and oxygen atoms in total. The number of nitrogens with zero attached hydrogens (tertiary/aromatic N) is 2. The number of methoxy groups -OCH3 is 1. The number of aliphatic hydroxyl groups is 1. The Labute approximate surface area is 191 Å². The van der Waals surface area contributed by atoms with Crippen molar-refractivity contribution in [3.8, 4) is 5.75 Å². The van der Waals surface area contributed by atoms with Crippen molar-refractivity contribution in [3.05, 3.63) is 75.3 Å². The lowest BCUT2D eigenvalue weighted by Gasteiger charge is -2.25. The molecule has 0 aliphatic carbocycles. The summed E-state index contributed by atoms with van der Waals surface area (Å²) in [6.45, 7) is 3.00. The van der Waals surface area contributed by atoms with Gasteiger partial charge in [-0.2, -0.15) is 0 Å². The lowest BCUT2D eigenvalue weighted by atomic mass is 9.95. The van der Waals surface area contributed by atoms with Crippen LogP contribution in [0.25, 0.3) is 5.76 Å². The normalized spacial score (nSPS) is 17.4. The first-order chi connectivity index (χ1) is 15.9. The molecule has 1 fully saturated rings. The third-order valence-electron chi connectivity index (χ3n) is 5.26. The molecule has 0 aromatic heterocycles. The maximum Gasteiger partial charge on any atom is 0.295 e. The van der Waals surface area contributed by atoms with E-state index in [-0.39, 0.29) is 23.6 Å². The van der Waals surface area contributed by atoms with Crippen LogP contribution >= 0.6 is 0 Å². The lowest BCUT2D eigenvalue weighted by Crippen LogP contribution is -2.31. The molecule has 1 aliphatic rings. The molecule has 1 atom stereocenters. The number of hydrogen-bond acceptors (Lipinski definition) is 7. The van der Waals surface area contributed by atoms with Crippen molar-refractivity contribution in [3.63, 3.8) is 0 Å². The number of hydrogen-bond donors (Lipinski definition) is 1. The van der Waals surface area contributed by atoms with Crippen molar-refractivity contribution < 1.29 is 29.1 Å². The molecule has 33 heavy (non-hydrogen) atoms. The number of carbonyl (C=O) groups excluding carboxylic acids is 2. The second kappa shape index (κ2) is 10.7. The van der Waals surface area contributed by atoms with Crippen molar-refractivity contribution in [1.29, 1.82) is 0 Å². The summed E-state index contributed by atoms with van der Waals surface area (Å²) in [4.78, 5) is 38.0. The highest BCUT2D eigenvalue weighted by Crippen LogP contribution is 2.40. The van der Waals surface area contributed by atoms with Crippen LogP contribution in [0.2, 0.25) is 0 Å². The van der Waals surface area contributed by atoms with Gasteiger partial charge in [-0.15, -0.1) is 0 Å². The number of non-ortho nitro benzene ring substituents is 1. The smallest absolute Gasteiger partial charge is 0.295 e. The van der Waals surface area contributed by atoms with E-state index in [0.29, 0.717) is 36.5 Å². The zero-order valence-corrected chi connectivity index (χ0v) is 18.5. The summed E-state index contributed by atoms with van der Waals surface area (Å²) < 4.78 is 10.7. The van der Waals surface area contributed by atoms with Gasteiger partial charge in [0.05, 0.1) is 23.1 Å². The molecule has 1 aliphatic heterocycles. The first-order valence-electron chi connectivity index (χ1n) is 10.6. The summed E-state index contributed by atoms with van der Waals surface area (Å²) >= 11 is 0. The number of rotatable bonds is 10. The first kappa shape index (κ1) is 23.9. The van der Waals surface area contributed by atoms with E-state index in [0.717, 1.165) is 6.42 Å². The van der Waals surface area contributed by atoms with E-state index < -0.39 is 22.7 Å². The van der Waals surface area contributed by atoms with Gasteiger partial charge >= 0.3 is 0 Å². The van der Waals surface area contributed by atoms with Gasteiger partial charge in [0.15, 0.2) is 0 Å². The van der Waals surface area contributed by atoms with E-state index in [1.165, 1.54) is 30.2 Å². The minimum Gasteiger partial charge on any atom is -0.507 e. The van der Waals surface area contributed by atoms with Gasteiger partial charge in [-0.1, -0.05) is 31.2 Å². The van der Waals surface area contributed by atoms with Crippen LogP contribution in [-0.2, 0) is 14.3 Å². The number of benzene rings is 2. The van der Waals surface area contributed by atoms with E-state index >= 15 is 0 Å². The summed E-state index contributed by atoms with van der Waals surface area (Å²) in [5.41, 5.74) is 0.380. The number of amides is 1. The van der Waals surface area contributed by atoms with Gasteiger partial charge in [0, 0.05) is 38.0 Å². The third-order valence-corrected chi connectivity index (χ3v) is 5.26. The van der Waals surface area contributed by atoms with Crippen molar-refractivity contribution >= 4 is 23.1 Å². The summed E-state index contributed by atoms with van der Waals surface area (Å²) in [7, 11) is 1.53. The standard InChI is InChI=1S/C24H26N2O7/c1-3-12-33-19-10-5-8-17(15-19)22(27)20-21(16-7-4-9-18(14-16)26(30)31)25(11-6-13-32-2)24(29)23(20)28/h4-5,7-10,14-15,21,27H,3,6,11-13H2,1-2H3. The SMILES string of the molecule is CCCOc1cccc(C(O)=C2C(=O)C(=O)N(CCCOC)C2c2cccc([N+](=O)[O-])c2)c1. The first-order valence-corrected chi connectivity index (χ1v) is 10.6. The maximum absolute atomic E-state index is 13.0. The highest BCUT2D eigenvalue weighted by molar-refractivity contribution is 6.46. The minimum atomic E-state index is -0.970. The predicted octanol–water partition coefficient (Wildman–Crippen LogP) is 3.84. The summed E-state index contributed by atoms with van der Waals surface area (Å²) in [6, 6.07) is 11.4. The Hall–Kier alpha value is -3.72. The fourth-order valence-corrected chi connectivity index (χ4v) is 3.75. The highest BCUT2D eigenvalue weighted by atomic mass is 16.6. The summed E-state index contributed by atoms with van der Waals surface area (Å²) in [5, 5.41) is 22.4. The van der Waals surface area contributed by atoms with Crippen molar-refractivity contribution in [2.45, 2.75) is 25.8 Å². The van der Waals surface area contributed by atoms with Gasteiger partial charge in [0.25, 0.3) is 17.4 Å². The fourth-order valence-electron chi connectivity index (χ4n) is 3.75. The van der Waals surface area contributed by atoms with Crippen LogP contribution in [0, 0.1) is 10.1 Å². The molecular formula is C24H26N2O7. The molecular weight excluding hydrogens is 428 g/mol. The van der Waals surface area contributed by atoms with Crippen molar-refractivity contribution in [2.75, 3.05) is 26.9 Å². The number of carbonyl (C=O) groups is 2. The number of ether oxygens (including phenoxy) is 2. The molecule has 3 rings (SSSR count). The Morgan fingerprint density at radius 3 is 2.61 bits per heavy atom. The highest BCUT2D eigenvalue weighted by Gasteiger charge is 2.46. The zero-order chi connectivity index (χ0) is 24.0. The molecule has 2 aromatic rings. The Bertz CT molecular complexity index is 1080. The van der Waals surface area contributed by atoms with Gasteiger partial charge < -0.3 is 19.5 Å². The van der Waals surface area contributed by atoms with Crippen LogP contribution in [0.1, 0.15) is 36.9 Å². The number of nitro groups is 1. The molecule has 0 bridgehead atoms. The molecule has 0 spiro atoms. The van der Waals surface area contributed by atoms with Gasteiger partial charge in [-0.05, 0) is 30.5 Å². The Balaban J connectivity index is 2.12. The zero-order valence-electron chi connectivity index (χ0n) is 18.5. The van der Waals surface area contributed by atoms with Crippen molar-refractivity contribution in [2.24, 2.45) is 0 Å². The maximum atomic E-state index is 13.0. The fraction of sp³-hybridized carbons (Fsp3) is 0.333. The number of aliphatic hydroxyl groups excluding tert-OH is 1. The second-order valence-corrected chi connectivity index (χ2v) is 7.57. The molecule has 0 radical (unpaired) electrons. The topological polar surface area (TPSA) is 119 Å². The van der Waals surface area contributed by atoms with E-state index in [2.05, 4.69) is 0 Å². The number of nitro benzene ring substituents is 1. The van der Waals surface area contributed by atoms with Crippen LogP contribution in [0.5, 0.6) is 5.75 Å². The van der Waals surface area contributed by atoms with Crippen LogP contribution in [0.3, 0.4) is 0 Å². The second-order valence-electron chi connectivity index (χ2n) is 7.57. The minimum absolute atomic E-state index is 0.120. The Morgan fingerprint density at radius 1 is 1.15 bits per heavy atom. The van der Waals surface area contributed by atoms with Gasteiger partial charge in [0.1, 0.15) is 11.5 Å². The van der Waals surface area contributed by atoms with E-state index in [1.54, 1.807) is 30.3 Å². The molecule has 2 aromatic carbocycles. The molecule has 0 saturated carbocycles. The average Bonchev–Trinajstić information content (AvgIpc) is 3.07. The molecule has 1 N–H and O–H groups in total. The summed E-state index contributed by atoms with van der Waals surface area (Å²) in [6.07, 6.45) is 1.25. The van der Waals surface area contributed by atoms with E-state index in [9.17, 15) is 24.8 Å². The molecule has 1 saturated heterocycles. The molecule has 1 amide bonds. The van der Waals surface area contributed by atoms with Crippen LogP contribution < -0.4 is 4.74 Å². The predicted molar refractivity (Wildman–Crippen MR) is 121 cm³/mol. The average molecular weight is 454 g/mol. The van der Waals surface area contributed by atoms with Crippen LogP contribution in [0.4, 0.5) is 5.69 Å². The van der Waals surface area contributed by atoms with Gasteiger partial charge in [-0.3, -0.25) is 19.7 Å². The third kappa shape index (κ3) is 5.20. The van der Waals surface area contributed by atoms with Crippen LogP contribution in [-0.4, -0.2) is 53.5 Å². The van der Waals surface area contributed by atoms with Crippen LogP contribution in [0.15, 0.2) is 54.1 Å². The summed E-state index contributed by atoms with van der Waals surface area (Å²) in [5.74, 6) is -1.47. The van der Waals surface area contributed by atoms with Gasteiger partial charge in [-0.25, -0.2) is 0 Å². The Morgan fingerprint density at radius 2 is 1.91 bits per heavy atom. The van der Waals surface area contributed by atoms with E-state index in [4.69, 9.17) is 9.47 Å². The molecule has 1 heterocycles. The monoisotopic (exact) mass is 454 g/mol. The largest absolute Gasteiger partial charge is 0.507 e. The quantitative estimate of drug-likeness (QED) is 0.145. The number of ketones is 1. The number of Topliss-reactive ketones (excluding diaryl/α,β-unsaturated/α-hetero) is 1. The lowest BCUT2D eigenvalue weighted by molar-refractivity contribution is -0.384. The molecule has 174 valence electrons. The van der Waals surface area contributed by atoms with E-state index in [1.807, 2.05) is 6.92 Å².